The van der Waals surface area contributed by atoms with Crippen LogP contribution in [0.25, 0.3) is 0 Å². The molecule has 3 saturated carbocycles. The summed E-state index contributed by atoms with van der Waals surface area (Å²) in [5, 5.41) is 0. The van der Waals surface area contributed by atoms with Crippen molar-refractivity contribution < 1.29 is 0 Å². The fourth-order valence-electron chi connectivity index (χ4n) is 8.59. The van der Waals surface area contributed by atoms with Gasteiger partial charge in [-0.15, -0.1) is 0 Å². The van der Waals surface area contributed by atoms with Crippen molar-refractivity contribution in [3.8, 4) is 0 Å². The van der Waals surface area contributed by atoms with Crippen LogP contribution in [0, 0.1) is 35.5 Å². The van der Waals surface area contributed by atoms with Gasteiger partial charge in [-0.2, -0.15) is 0 Å². The third-order valence-corrected chi connectivity index (χ3v) is 11.3. The maximum Gasteiger partial charge on any atom is -0.0162 e. The average molecular weight is 479 g/mol. The van der Waals surface area contributed by atoms with E-state index in [1.807, 2.05) is 0 Å². The predicted octanol–water partition coefficient (Wildman–Crippen LogP) is 11.3. The lowest BCUT2D eigenvalue weighted by Gasteiger charge is -2.40. The van der Waals surface area contributed by atoms with Crippen LogP contribution in [0.4, 0.5) is 0 Å². The van der Waals surface area contributed by atoms with Crippen LogP contribution in [0.1, 0.15) is 160 Å². The monoisotopic (exact) mass is 478 g/mol. The van der Waals surface area contributed by atoms with Crippen molar-refractivity contribution in [3.63, 3.8) is 0 Å². The molecule has 0 bridgehead atoms. The van der Waals surface area contributed by atoms with Gasteiger partial charge in [0.25, 0.3) is 0 Å². The standard InChI is InChI=1S/C35H58/c1-5-7-9-29-12-16-34(17-13-29)35-24-22-33(23-25-35)27(4)32-20-18-31(19-21-32)26(3)30-14-10-28(8-6-2)11-15-30/h22-32,34H,5-21H2,1-4H3. The van der Waals surface area contributed by atoms with Crippen LogP contribution < -0.4 is 0 Å². The highest BCUT2D eigenvalue weighted by Gasteiger charge is 2.33. The van der Waals surface area contributed by atoms with Crippen LogP contribution in [0.2, 0.25) is 0 Å². The molecule has 198 valence electrons. The normalized spacial score (nSPS) is 33.8. The Morgan fingerprint density at radius 2 is 1.11 bits per heavy atom. The molecule has 1 aromatic rings. The molecule has 3 fully saturated rings. The van der Waals surface area contributed by atoms with Crippen LogP contribution in [-0.2, 0) is 0 Å². The zero-order valence-electron chi connectivity index (χ0n) is 23.9. The molecule has 1 aromatic carbocycles. The Labute approximate surface area is 219 Å². The first-order valence-electron chi connectivity index (χ1n) is 16.2. The molecular weight excluding hydrogens is 420 g/mol. The third kappa shape index (κ3) is 7.38. The van der Waals surface area contributed by atoms with Crippen molar-refractivity contribution in [2.45, 2.75) is 149 Å². The zero-order valence-corrected chi connectivity index (χ0v) is 23.9. The molecule has 2 unspecified atom stereocenters. The van der Waals surface area contributed by atoms with Gasteiger partial charge >= 0.3 is 0 Å². The Balaban J connectivity index is 1.21. The van der Waals surface area contributed by atoms with E-state index in [-0.39, 0.29) is 0 Å². The Morgan fingerprint density at radius 3 is 1.69 bits per heavy atom. The molecule has 3 aliphatic carbocycles. The van der Waals surface area contributed by atoms with Gasteiger partial charge in [-0.05, 0) is 123 Å². The van der Waals surface area contributed by atoms with Crippen molar-refractivity contribution in [3.05, 3.63) is 35.4 Å². The number of hydrogen-bond donors (Lipinski definition) is 0. The topological polar surface area (TPSA) is 0 Å². The van der Waals surface area contributed by atoms with Crippen molar-refractivity contribution in [2.24, 2.45) is 35.5 Å². The number of hydrogen-bond acceptors (Lipinski definition) is 0. The Kier molecular flexibility index (Phi) is 10.7. The SMILES string of the molecule is CCCCC1CCC(c2ccc(C(C)C3CCC(C(C)C4CCC(CCC)CC4)CC3)cc2)CC1. The highest BCUT2D eigenvalue weighted by molar-refractivity contribution is 5.28. The summed E-state index contributed by atoms with van der Waals surface area (Å²) in [7, 11) is 0. The molecule has 0 aliphatic heterocycles. The minimum atomic E-state index is 0.731. The van der Waals surface area contributed by atoms with E-state index in [2.05, 4.69) is 52.0 Å². The van der Waals surface area contributed by atoms with E-state index >= 15 is 0 Å². The van der Waals surface area contributed by atoms with Crippen LogP contribution in [0.3, 0.4) is 0 Å². The van der Waals surface area contributed by atoms with Crippen LogP contribution in [0.15, 0.2) is 24.3 Å². The second-order valence-electron chi connectivity index (χ2n) is 13.4. The summed E-state index contributed by atoms with van der Waals surface area (Å²) in [5.41, 5.74) is 3.23. The van der Waals surface area contributed by atoms with E-state index in [9.17, 15) is 0 Å². The van der Waals surface area contributed by atoms with Gasteiger partial charge < -0.3 is 0 Å². The summed E-state index contributed by atoms with van der Waals surface area (Å²) in [5.74, 6) is 7.51. The van der Waals surface area contributed by atoms with Crippen molar-refractivity contribution in [1.82, 2.24) is 0 Å². The maximum absolute atomic E-state index is 2.62. The molecule has 0 amide bonds. The van der Waals surface area contributed by atoms with Gasteiger partial charge in [0, 0.05) is 0 Å². The van der Waals surface area contributed by atoms with Crippen molar-refractivity contribution in [1.29, 1.82) is 0 Å². The first-order chi connectivity index (χ1) is 17.1. The first-order valence-corrected chi connectivity index (χ1v) is 16.2. The lowest BCUT2D eigenvalue weighted by molar-refractivity contribution is 0.118. The molecule has 0 radical (unpaired) electrons. The zero-order chi connectivity index (χ0) is 24.6. The van der Waals surface area contributed by atoms with Crippen LogP contribution in [0.5, 0.6) is 0 Å². The Morgan fingerprint density at radius 1 is 0.600 bits per heavy atom. The van der Waals surface area contributed by atoms with Gasteiger partial charge in [-0.3, -0.25) is 0 Å². The van der Waals surface area contributed by atoms with E-state index in [0.717, 1.165) is 47.3 Å². The van der Waals surface area contributed by atoms with Crippen molar-refractivity contribution in [2.75, 3.05) is 0 Å². The minimum absolute atomic E-state index is 0.731. The second kappa shape index (κ2) is 13.7. The summed E-state index contributed by atoms with van der Waals surface area (Å²) in [6.07, 6.45) is 24.9. The predicted molar refractivity (Wildman–Crippen MR) is 154 cm³/mol. The molecule has 0 heteroatoms. The highest BCUT2D eigenvalue weighted by Crippen LogP contribution is 2.45. The van der Waals surface area contributed by atoms with E-state index in [4.69, 9.17) is 0 Å². The smallest absolute Gasteiger partial charge is 0.0162 e. The highest BCUT2D eigenvalue weighted by atomic mass is 14.4. The fourth-order valence-corrected chi connectivity index (χ4v) is 8.59. The fraction of sp³-hybridized carbons (Fsp3) is 0.829. The van der Waals surface area contributed by atoms with Crippen molar-refractivity contribution >= 4 is 0 Å². The lowest BCUT2D eigenvalue weighted by Crippen LogP contribution is -2.29. The molecular formula is C35H58. The number of rotatable bonds is 10. The van der Waals surface area contributed by atoms with E-state index in [0.29, 0.717) is 0 Å². The summed E-state index contributed by atoms with van der Waals surface area (Å²) < 4.78 is 0. The minimum Gasteiger partial charge on any atom is -0.0654 e. The molecule has 2 atom stereocenters. The molecule has 0 spiro atoms. The summed E-state index contributed by atoms with van der Waals surface area (Å²) in [6.45, 7) is 9.84. The number of unbranched alkanes of at least 4 members (excludes halogenated alkanes) is 1. The molecule has 3 aliphatic rings. The van der Waals surface area contributed by atoms with E-state index in [1.54, 1.807) is 11.1 Å². The van der Waals surface area contributed by atoms with Gasteiger partial charge in [-0.25, -0.2) is 0 Å². The van der Waals surface area contributed by atoms with Gasteiger partial charge in [0.15, 0.2) is 0 Å². The molecule has 0 N–H and O–H groups in total. The summed E-state index contributed by atoms with van der Waals surface area (Å²) >= 11 is 0. The summed E-state index contributed by atoms with van der Waals surface area (Å²) in [6, 6.07) is 10.0. The molecule has 0 saturated heterocycles. The van der Waals surface area contributed by atoms with Gasteiger partial charge in [0.05, 0.1) is 0 Å². The van der Waals surface area contributed by atoms with E-state index < -0.39 is 0 Å². The van der Waals surface area contributed by atoms with Gasteiger partial charge in [0.2, 0.25) is 0 Å². The molecule has 4 rings (SSSR count). The maximum atomic E-state index is 2.62. The Bertz CT molecular complexity index is 692. The Hall–Kier alpha value is -0.780. The van der Waals surface area contributed by atoms with Crippen LogP contribution in [-0.4, -0.2) is 0 Å². The van der Waals surface area contributed by atoms with Gasteiger partial charge in [-0.1, -0.05) is 96.9 Å². The second-order valence-corrected chi connectivity index (χ2v) is 13.4. The third-order valence-electron chi connectivity index (χ3n) is 11.3. The largest absolute Gasteiger partial charge is 0.0654 e. The molecule has 0 nitrogen and oxygen atoms in total. The molecule has 35 heavy (non-hydrogen) atoms. The number of benzene rings is 1. The summed E-state index contributed by atoms with van der Waals surface area (Å²) in [4.78, 5) is 0. The van der Waals surface area contributed by atoms with Crippen LogP contribution >= 0.6 is 0 Å². The quantitative estimate of drug-likeness (QED) is 0.313. The van der Waals surface area contributed by atoms with Gasteiger partial charge in [0.1, 0.15) is 0 Å². The van der Waals surface area contributed by atoms with E-state index in [1.165, 1.54) is 109 Å². The first kappa shape index (κ1) is 27.3. The molecule has 0 heterocycles. The average Bonchev–Trinajstić information content (AvgIpc) is 2.92. The molecule has 0 aromatic heterocycles. The lowest BCUT2D eigenvalue weighted by atomic mass is 9.65.